The van der Waals surface area contributed by atoms with Crippen molar-refractivity contribution in [2.75, 3.05) is 19.7 Å². The zero-order valence-electron chi connectivity index (χ0n) is 11.7. The monoisotopic (exact) mass is 275 g/mol. The van der Waals surface area contributed by atoms with Gasteiger partial charge in [0.15, 0.2) is 0 Å². The van der Waals surface area contributed by atoms with Gasteiger partial charge in [-0.05, 0) is 30.7 Å². The minimum atomic E-state index is -0.230. The van der Waals surface area contributed by atoms with Gasteiger partial charge in [-0.3, -0.25) is 0 Å². The van der Waals surface area contributed by atoms with Crippen molar-refractivity contribution in [3.8, 4) is 0 Å². The summed E-state index contributed by atoms with van der Waals surface area (Å²) in [6.45, 7) is 2.60. The molecule has 4 nitrogen and oxygen atoms in total. The Hall–Kier alpha value is -1.55. The van der Waals surface area contributed by atoms with Gasteiger partial charge in [-0.2, -0.15) is 0 Å². The molecule has 1 amide bonds. The molecule has 1 aromatic rings. The van der Waals surface area contributed by atoms with Gasteiger partial charge in [0.25, 0.3) is 0 Å². The van der Waals surface area contributed by atoms with Crippen LogP contribution in [0.2, 0.25) is 0 Å². The maximum Gasteiger partial charge on any atom is 0.410 e. The number of carbonyl (C=O) groups is 1. The number of nitrogens with zero attached hydrogens (tertiary/aromatic N) is 1. The number of hydrogen-bond donors (Lipinski definition) is 0. The zero-order chi connectivity index (χ0) is 13.8. The Balaban J connectivity index is 1.39. The average molecular weight is 275 g/mol. The summed E-state index contributed by atoms with van der Waals surface area (Å²) in [6.07, 6.45) is 3.49. The highest BCUT2D eigenvalue weighted by molar-refractivity contribution is 5.68. The molecule has 1 atom stereocenters. The lowest BCUT2D eigenvalue weighted by Gasteiger charge is -2.16. The van der Waals surface area contributed by atoms with Gasteiger partial charge in [-0.25, -0.2) is 4.79 Å². The van der Waals surface area contributed by atoms with E-state index in [9.17, 15) is 4.79 Å². The third-order valence-electron chi connectivity index (χ3n) is 3.87. The summed E-state index contributed by atoms with van der Waals surface area (Å²) in [5.74, 6) is 0.772. The molecule has 0 unspecified atom stereocenters. The molecular weight excluding hydrogens is 254 g/mol. The van der Waals surface area contributed by atoms with E-state index >= 15 is 0 Å². The van der Waals surface area contributed by atoms with E-state index in [4.69, 9.17) is 9.47 Å². The molecule has 3 rings (SSSR count). The fourth-order valence-electron chi connectivity index (χ4n) is 2.40. The van der Waals surface area contributed by atoms with Gasteiger partial charge in [0.1, 0.15) is 6.61 Å². The Kier molecular flexibility index (Phi) is 4.21. The van der Waals surface area contributed by atoms with Gasteiger partial charge in [-0.15, -0.1) is 0 Å². The number of rotatable bonds is 5. The SMILES string of the molecule is O=C(OCc1ccccc1)N1CC[C@@H](OCC2CC2)C1. The van der Waals surface area contributed by atoms with Crippen LogP contribution in [-0.4, -0.2) is 36.8 Å². The highest BCUT2D eigenvalue weighted by atomic mass is 16.6. The maximum atomic E-state index is 12.0. The number of carbonyl (C=O) groups excluding carboxylic acids is 1. The second-order valence-corrected chi connectivity index (χ2v) is 5.67. The standard InChI is InChI=1S/C16H21NO3/c18-16(20-12-13-4-2-1-3-5-13)17-9-8-15(10-17)19-11-14-6-7-14/h1-5,14-15H,6-12H2/t15-/m1/s1. The summed E-state index contributed by atoms with van der Waals surface area (Å²) in [6, 6.07) is 9.76. The van der Waals surface area contributed by atoms with E-state index < -0.39 is 0 Å². The molecule has 0 radical (unpaired) electrons. The molecule has 0 N–H and O–H groups in total. The van der Waals surface area contributed by atoms with Crippen LogP contribution in [0.15, 0.2) is 30.3 Å². The van der Waals surface area contributed by atoms with Crippen LogP contribution >= 0.6 is 0 Å². The van der Waals surface area contributed by atoms with E-state index in [0.29, 0.717) is 13.2 Å². The Morgan fingerprint density at radius 1 is 1.20 bits per heavy atom. The summed E-state index contributed by atoms with van der Waals surface area (Å²) in [4.78, 5) is 13.7. The number of amides is 1. The number of likely N-dealkylation sites (tertiary alicyclic amines) is 1. The van der Waals surface area contributed by atoms with Crippen LogP contribution in [0.3, 0.4) is 0 Å². The first kappa shape index (κ1) is 13.4. The lowest BCUT2D eigenvalue weighted by molar-refractivity contribution is 0.0478. The van der Waals surface area contributed by atoms with Gasteiger partial charge in [0.05, 0.1) is 12.6 Å². The molecule has 108 valence electrons. The molecule has 1 aromatic carbocycles. The van der Waals surface area contributed by atoms with Crippen LogP contribution in [-0.2, 0) is 16.1 Å². The zero-order valence-corrected chi connectivity index (χ0v) is 11.7. The summed E-state index contributed by atoms with van der Waals surface area (Å²) in [7, 11) is 0. The van der Waals surface area contributed by atoms with E-state index in [-0.39, 0.29) is 12.2 Å². The Labute approximate surface area is 119 Å². The highest BCUT2D eigenvalue weighted by Gasteiger charge is 2.30. The van der Waals surface area contributed by atoms with E-state index in [1.807, 2.05) is 30.3 Å². The average Bonchev–Trinajstić information content (AvgIpc) is 3.20. The molecule has 1 saturated carbocycles. The summed E-state index contributed by atoms with van der Waals surface area (Å²) < 4.78 is 11.2. The van der Waals surface area contributed by atoms with Gasteiger partial charge in [0, 0.05) is 13.2 Å². The molecule has 1 aliphatic heterocycles. The van der Waals surface area contributed by atoms with Crippen LogP contribution < -0.4 is 0 Å². The molecule has 0 bridgehead atoms. The van der Waals surface area contributed by atoms with Crippen LogP contribution in [0.5, 0.6) is 0 Å². The van der Waals surface area contributed by atoms with Gasteiger partial charge < -0.3 is 14.4 Å². The van der Waals surface area contributed by atoms with Crippen molar-refractivity contribution in [2.24, 2.45) is 5.92 Å². The molecule has 2 fully saturated rings. The minimum absolute atomic E-state index is 0.194. The smallest absolute Gasteiger partial charge is 0.410 e. The fourth-order valence-corrected chi connectivity index (χ4v) is 2.40. The first-order valence-corrected chi connectivity index (χ1v) is 7.38. The number of ether oxygens (including phenoxy) is 2. The van der Waals surface area contributed by atoms with Crippen molar-refractivity contribution in [2.45, 2.75) is 32.0 Å². The van der Waals surface area contributed by atoms with Crippen molar-refractivity contribution in [3.05, 3.63) is 35.9 Å². The maximum absolute atomic E-state index is 12.0. The first-order valence-electron chi connectivity index (χ1n) is 7.38. The topological polar surface area (TPSA) is 38.8 Å². The largest absolute Gasteiger partial charge is 0.445 e. The summed E-state index contributed by atoms with van der Waals surface area (Å²) >= 11 is 0. The van der Waals surface area contributed by atoms with E-state index in [0.717, 1.165) is 31.1 Å². The normalized spacial score (nSPS) is 22.0. The fraction of sp³-hybridized carbons (Fsp3) is 0.562. The second kappa shape index (κ2) is 6.27. The van der Waals surface area contributed by atoms with Crippen molar-refractivity contribution in [3.63, 3.8) is 0 Å². The van der Waals surface area contributed by atoms with Crippen LogP contribution in [0.25, 0.3) is 0 Å². The predicted molar refractivity (Wildman–Crippen MR) is 75.3 cm³/mol. The van der Waals surface area contributed by atoms with Crippen LogP contribution in [0.1, 0.15) is 24.8 Å². The number of benzene rings is 1. The second-order valence-electron chi connectivity index (χ2n) is 5.67. The van der Waals surface area contributed by atoms with Crippen LogP contribution in [0, 0.1) is 5.92 Å². The Morgan fingerprint density at radius 2 is 2.00 bits per heavy atom. The van der Waals surface area contributed by atoms with E-state index in [1.165, 1.54) is 12.8 Å². The van der Waals surface area contributed by atoms with Crippen molar-refractivity contribution in [1.29, 1.82) is 0 Å². The minimum Gasteiger partial charge on any atom is -0.445 e. The van der Waals surface area contributed by atoms with E-state index in [1.54, 1.807) is 4.90 Å². The summed E-state index contributed by atoms with van der Waals surface area (Å²) in [5, 5.41) is 0. The van der Waals surface area contributed by atoms with Crippen LogP contribution in [0.4, 0.5) is 4.79 Å². The van der Waals surface area contributed by atoms with Crippen molar-refractivity contribution < 1.29 is 14.3 Å². The molecule has 1 saturated heterocycles. The molecule has 1 aliphatic carbocycles. The Morgan fingerprint density at radius 3 is 2.75 bits per heavy atom. The molecular formula is C16H21NO3. The Bertz CT molecular complexity index is 444. The molecule has 4 heteroatoms. The lowest BCUT2D eigenvalue weighted by Crippen LogP contribution is -2.30. The van der Waals surface area contributed by atoms with Gasteiger partial charge >= 0.3 is 6.09 Å². The molecule has 1 heterocycles. The molecule has 0 spiro atoms. The van der Waals surface area contributed by atoms with E-state index in [2.05, 4.69) is 0 Å². The molecule has 0 aromatic heterocycles. The third kappa shape index (κ3) is 3.73. The summed E-state index contributed by atoms with van der Waals surface area (Å²) in [5.41, 5.74) is 1.02. The predicted octanol–water partition coefficient (Wildman–Crippen LogP) is 2.82. The highest BCUT2D eigenvalue weighted by Crippen LogP contribution is 2.30. The quantitative estimate of drug-likeness (QED) is 0.829. The molecule has 2 aliphatic rings. The van der Waals surface area contributed by atoms with Gasteiger partial charge in [-0.1, -0.05) is 30.3 Å². The third-order valence-corrected chi connectivity index (χ3v) is 3.87. The van der Waals surface area contributed by atoms with Crippen molar-refractivity contribution in [1.82, 2.24) is 4.90 Å². The number of hydrogen-bond acceptors (Lipinski definition) is 3. The first-order chi connectivity index (χ1) is 9.81. The lowest BCUT2D eigenvalue weighted by atomic mass is 10.2. The van der Waals surface area contributed by atoms with Gasteiger partial charge in [0.2, 0.25) is 0 Å². The molecule has 20 heavy (non-hydrogen) atoms. The van der Waals surface area contributed by atoms with Crippen molar-refractivity contribution >= 4 is 6.09 Å².